The Morgan fingerprint density at radius 2 is 2.12 bits per heavy atom. The summed E-state index contributed by atoms with van der Waals surface area (Å²) in [5, 5.41) is 12.2. The van der Waals surface area contributed by atoms with E-state index in [4.69, 9.17) is 0 Å². The number of benzene rings is 1. The molecule has 1 atom stereocenters. The van der Waals surface area contributed by atoms with Crippen molar-refractivity contribution in [1.29, 1.82) is 0 Å². The SMILES string of the molecule is CCNC(=O)C(C)NC(=O)c1cc(Cn2cnc3ccccc32)[nH]n1. The molecule has 8 nitrogen and oxygen atoms in total. The minimum atomic E-state index is -0.620. The number of fused-ring (bicyclic) bond motifs is 1. The van der Waals surface area contributed by atoms with Crippen LogP contribution >= 0.6 is 0 Å². The summed E-state index contributed by atoms with van der Waals surface area (Å²) in [7, 11) is 0. The fourth-order valence-electron chi connectivity index (χ4n) is 2.54. The first-order chi connectivity index (χ1) is 12.1. The van der Waals surface area contributed by atoms with Gasteiger partial charge in [-0.2, -0.15) is 5.10 Å². The first kappa shape index (κ1) is 16.7. The fraction of sp³-hybridized carbons (Fsp3) is 0.294. The van der Waals surface area contributed by atoms with Gasteiger partial charge in [0.1, 0.15) is 11.7 Å². The van der Waals surface area contributed by atoms with Crippen LogP contribution in [-0.2, 0) is 11.3 Å². The highest BCUT2D eigenvalue weighted by atomic mass is 16.2. The van der Waals surface area contributed by atoms with Crippen LogP contribution in [0.5, 0.6) is 0 Å². The number of aromatic nitrogens is 4. The Bertz CT molecular complexity index is 897. The van der Waals surface area contributed by atoms with Gasteiger partial charge in [0.15, 0.2) is 0 Å². The van der Waals surface area contributed by atoms with Crippen LogP contribution in [0.25, 0.3) is 11.0 Å². The summed E-state index contributed by atoms with van der Waals surface area (Å²) in [6, 6.07) is 8.88. The van der Waals surface area contributed by atoms with Crippen LogP contribution in [0.4, 0.5) is 0 Å². The van der Waals surface area contributed by atoms with E-state index < -0.39 is 11.9 Å². The van der Waals surface area contributed by atoms with Gasteiger partial charge < -0.3 is 15.2 Å². The molecular formula is C17H20N6O2. The van der Waals surface area contributed by atoms with Gasteiger partial charge in [0.05, 0.1) is 29.6 Å². The fourth-order valence-corrected chi connectivity index (χ4v) is 2.54. The minimum absolute atomic E-state index is 0.225. The number of hydrogen-bond donors (Lipinski definition) is 3. The monoisotopic (exact) mass is 340 g/mol. The van der Waals surface area contributed by atoms with Crippen molar-refractivity contribution >= 4 is 22.8 Å². The summed E-state index contributed by atoms with van der Waals surface area (Å²) in [5.74, 6) is -0.617. The Hall–Kier alpha value is -3.16. The minimum Gasteiger partial charge on any atom is -0.355 e. The molecule has 0 bridgehead atoms. The average Bonchev–Trinajstić information content (AvgIpc) is 3.23. The van der Waals surface area contributed by atoms with Gasteiger partial charge in [0.2, 0.25) is 5.91 Å². The molecule has 0 aliphatic heterocycles. The van der Waals surface area contributed by atoms with Crippen molar-refractivity contribution in [3.8, 4) is 0 Å². The molecule has 8 heteroatoms. The summed E-state index contributed by atoms with van der Waals surface area (Å²) in [6.45, 7) is 4.50. The molecular weight excluding hydrogens is 320 g/mol. The number of nitrogens with one attached hydrogen (secondary N) is 3. The maximum atomic E-state index is 12.2. The summed E-state index contributed by atoms with van der Waals surface area (Å²) >= 11 is 0. The molecule has 0 saturated carbocycles. The number of imidazole rings is 1. The van der Waals surface area contributed by atoms with Crippen molar-refractivity contribution in [1.82, 2.24) is 30.4 Å². The predicted octanol–water partition coefficient (Wildman–Crippen LogP) is 1.06. The number of para-hydroxylation sites is 2. The molecule has 130 valence electrons. The Kier molecular flexibility index (Phi) is 4.78. The second-order valence-corrected chi connectivity index (χ2v) is 5.73. The van der Waals surface area contributed by atoms with E-state index in [-0.39, 0.29) is 11.6 Å². The van der Waals surface area contributed by atoms with Crippen molar-refractivity contribution in [3.05, 3.63) is 48.0 Å². The lowest BCUT2D eigenvalue weighted by Gasteiger charge is -2.11. The summed E-state index contributed by atoms with van der Waals surface area (Å²) in [6.07, 6.45) is 1.75. The number of aromatic amines is 1. The summed E-state index contributed by atoms with van der Waals surface area (Å²) in [5.41, 5.74) is 2.94. The molecule has 3 N–H and O–H groups in total. The van der Waals surface area contributed by atoms with E-state index in [2.05, 4.69) is 25.8 Å². The third-order valence-electron chi connectivity index (χ3n) is 3.82. The number of hydrogen-bond acceptors (Lipinski definition) is 4. The molecule has 0 fully saturated rings. The van der Waals surface area contributed by atoms with Crippen LogP contribution in [0.3, 0.4) is 0 Å². The maximum Gasteiger partial charge on any atom is 0.272 e. The lowest BCUT2D eigenvalue weighted by Crippen LogP contribution is -2.44. The maximum absolute atomic E-state index is 12.2. The van der Waals surface area contributed by atoms with Crippen LogP contribution in [0.2, 0.25) is 0 Å². The van der Waals surface area contributed by atoms with Crippen LogP contribution < -0.4 is 10.6 Å². The Labute approximate surface area is 144 Å². The molecule has 1 unspecified atom stereocenters. The molecule has 0 aliphatic carbocycles. The third kappa shape index (κ3) is 3.68. The van der Waals surface area contributed by atoms with E-state index >= 15 is 0 Å². The van der Waals surface area contributed by atoms with Crippen LogP contribution in [0.15, 0.2) is 36.7 Å². The zero-order valence-corrected chi connectivity index (χ0v) is 14.1. The highest BCUT2D eigenvalue weighted by Gasteiger charge is 2.18. The first-order valence-corrected chi connectivity index (χ1v) is 8.11. The smallest absolute Gasteiger partial charge is 0.272 e. The molecule has 3 rings (SSSR count). The topological polar surface area (TPSA) is 105 Å². The zero-order valence-electron chi connectivity index (χ0n) is 14.1. The van der Waals surface area contributed by atoms with E-state index in [0.29, 0.717) is 13.1 Å². The summed E-state index contributed by atoms with van der Waals surface area (Å²) < 4.78 is 1.97. The van der Waals surface area contributed by atoms with Gasteiger partial charge >= 0.3 is 0 Å². The molecule has 2 heterocycles. The van der Waals surface area contributed by atoms with Crippen molar-refractivity contribution in [3.63, 3.8) is 0 Å². The highest BCUT2D eigenvalue weighted by Crippen LogP contribution is 2.13. The van der Waals surface area contributed by atoms with Gasteiger partial charge in [0, 0.05) is 6.54 Å². The Morgan fingerprint density at radius 3 is 2.92 bits per heavy atom. The quantitative estimate of drug-likeness (QED) is 0.624. The lowest BCUT2D eigenvalue weighted by atomic mass is 10.2. The van der Waals surface area contributed by atoms with E-state index in [1.165, 1.54) is 0 Å². The van der Waals surface area contributed by atoms with E-state index in [1.807, 2.05) is 35.8 Å². The van der Waals surface area contributed by atoms with Gasteiger partial charge in [0.25, 0.3) is 5.91 Å². The predicted molar refractivity (Wildman–Crippen MR) is 93.0 cm³/mol. The Balaban J connectivity index is 1.68. The number of carbonyl (C=O) groups is 2. The van der Waals surface area contributed by atoms with Crippen molar-refractivity contribution < 1.29 is 9.59 Å². The molecule has 2 aromatic heterocycles. The standard InChI is InChI=1S/C17H20N6O2/c1-3-18-16(24)11(2)20-17(25)14-8-12(21-22-14)9-23-10-19-13-6-4-5-7-15(13)23/h4-8,10-11H,3,9H2,1-2H3,(H,18,24)(H,20,25)(H,21,22). The highest BCUT2D eigenvalue weighted by molar-refractivity contribution is 5.96. The van der Waals surface area contributed by atoms with E-state index in [1.54, 1.807) is 19.3 Å². The van der Waals surface area contributed by atoms with E-state index in [0.717, 1.165) is 16.7 Å². The number of rotatable bonds is 6. The van der Waals surface area contributed by atoms with Crippen LogP contribution in [0, 0.1) is 0 Å². The molecule has 2 amide bonds. The second kappa shape index (κ2) is 7.16. The van der Waals surface area contributed by atoms with Gasteiger partial charge in [-0.05, 0) is 32.0 Å². The lowest BCUT2D eigenvalue weighted by molar-refractivity contribution is -0.122. The van der Waals surface area contributed by atoms with Gasteiger partial charge in [-0.25, -0.2) is 4.98 Å². The number of nitrogens with zero attached hydrogens (tertiary/aromatic N) is 3. The van der Waals surface area contributed by atoms with Crippen molar-refractivity contribution in [2.24, 2.45) is 0 Å². The Morgan fingerprint density at radius 1 is 1.32 bits per heavy atom. The van der Waals surface area contributed by atoms with E-state index in [9.17, 15) is 9.59 Å². The molecule has 0 saturated heterocycles. The largest absolute Gasteiger partial charge is 0.355 e. The molecule has 25 heavy (non-hydrogen) atoms. The zero-order chi connectivity index (χ0) is 17.8. The molecule has 0 radical (unpaired) electrons. The average molecular weight is 340 g/mol. The third-order valence-corrected chi connectivity index (χ3v) is 3.82. The van der Waals surface area contributed by atoms with Gasteiger partial charge in [-0.15, -0.1) is 0 Å². The number of likely N-dealkylation sites (N-methyl/N-ethyl adjacent to an activating group) is 1. The normalized spacial score (nSPS) is 12.1. The van der Waals surface area contributed by atoms with Crippen molar-refractivity contribution in [2.45, 2.75) is 26.4 Å². The molecule has 0 spiro atoms. The van der Waals surface area contributed by atoms with Gasteiger partial charge in [-0.1, -0.05) is 12.1 Å². The summed E-state index contributed by atoms with van der Waals surface area (Å²) in [4.78, 5) is 28.2. The molecule has 3 aromatic rings. The van der Waals surface area contributed by atoms with Crippen LogP contribution in [0.1, 0.15) is 30.0 Å². The van der Waals surface area contributed by atoms with Gasteiger partial charge in [-0.3, -0.25) is 14.7 Å². The number of carbonyl (C=O) groups excluding carboxylic acids is 2. The second-order valence-electron chi connectivity index (χ2n) is 5.73. The number of H-pyrrole nitrogens is 1. The first-order valence-electron chi connectivity index (χ1n) is 8.11. The number of amides is 2. The molecule has 1 aromatic carbocycles. The van der Waals surface area contributed by atoms with Crippen LogP contribution in [-0.4, -0.2) is 44.1 Å². The molecule has 0 aliphatic rings. The van der Waals surface area contributed by atoms with Crippen molar-refractivity contribution in [2.75, 3.05) is 6.54 Å².